The van der Waals surface area contributed by atoms with E-state index >= 15 is 0 Å². The van der Waals surface area contributed by atoms with Gasteiger partial charge < -0.3 is 15.5 Å². The molecule has 0 saturated heterocycles. The van der Waals surface area contributed by atoms with Crippen molar-refractivity contribution in [2.24, 2.45) is 0 Å². The van der Waals surface area contributed by atoms with E-state index in [1.54, 1.807) is 0 Å². The molecule has 4 nitrogen and oxygen atoms in total. The molecular formula is C20H27N3O. The maximum Gasteiger partial charge on any atom is 0.223 e. The lowest BCUT2D eigenvalue weighted by molar-refractivity contribution is -0.133. The minimum Gasteiger partial charge on any atom is -0.399 e. The fourth-order valence-corrected chi connectivity index (χ4v) is 2.91. The van der Waals surface area contributed by atoms with Gasteiger partial charge >= 0.3 is 0 Å². The molecule has 0 aliphatic rings. The number of rotatable bonds is 6. The topological polar surface area (TPSA) is 49.6 Å². The van der Waals surface area contributed by atoms with E-state index in [1.165, 1.54) is 0 Å². The summed E-state index contributed by atoms with van der Waals surface area (Å²) in [5.41, 5.74) is 9.97. The van der Waals surface area contributed by atoms with Crippen LogP contribution in [0.5, 0.6) is 0 Å². The average molecular weight is 325 g/mol. The summed E-state index contributed by atoms with van der Waals surface area (Å²) < 4.78 is 0. The number of nitrogens with two attached hydrogens (primary N) is 1. The Morgan fingerprint density at radius 3 is 2.38 bits per heavy atom. The van der Waals surface area contributed by atoms with E-state index in [0.717, 1.165) is 16.8 Å². The number of nitrogens with zero attached hydrogens (tertiary/aromatic N) is 2. The van der Waals surface area contributed by atoms with Gasteiger partial charge in [-0.1, -0.05) is 37.3 Å². The molecule has 0 saturated carbocycles. The van der Waals surface area contributed by atoms with Crippen LogP contribution >= 0.6 is 0 Å². The number of amides is 1. The van der Waals surface area contributed by atoms with Crippen molar-refractivity contribution in [3.8, 4) is 0 Å². The van der Waals surface area contributed by atoms with Gasteiger partial charge in [0.05, 0.1) is 6.04 Å². The van der Waals surface area contributed by atoms with Crippen LogP contribution in [0.25, 0.3) is 0 Å². The molecule has 128 valence electrons. The Kier molecular flexibility index (Phi) is 5.85. The van der Waals surface area contributed by atoms with Gasteiger partial charge in [0.1, 0.15) is 0 Å². The molecule has 2 N–H and O–H groups in total. The summed E-state index contributed by atoms with van der Waals surface area (Å²) in [6.45, 7) is 4.52. The Hall–Kier alpha value is -2.49. The predicted molar refractivity (Wildman–Crippen MR) is 101 cm³/mol. The summed E-state index contributed by atoms with van der Waals surface area (Å²) in [5, 5.41) is 0. The van der Waals surface area contributed by atoms with Crippen molar-refractivity contribution in [3.05, 3.63) is 59.7 Å². The van der Waals surface area contributed by atoms with Crippen LogP contribution < -0.4 is 10.6 Å². The van der Waals surface area contributed by atoms with Crippen LogP contribution in [0, 0.1) is 0 Å². The molecule has 0 heterocycles. The van der Waals surface area contributed by atoms with Gasteiger partial charge in [0, 0.05) is 38.4 Å². The molecule has 0 bridgehead atoms. The summed E-state index contributed by atoms with van der Waals surface area (Å²) in [6.07, 6.45) is 0.483. The van der Waals surface area contributed by atoms with Crippen LogP contribution in [-0.4, -0.2) is 24.9 Å². The van der Waals surface area contributed by atoms with Crippen LogP contribution in [0.1, 0.15) is 37.4 Å². The predicted octanol–water partition coefficient (Wildman–Crippen LogP) is 3.83. The van der Waals surface area contributed by atoms with Gasteiger partial charge in [-0.2, -0.15) is 0 Å². The second-order valence-electron chi connectivity index (χ2n) is 6.24. The third-order valence-electron chi connectivity index (χ3n) is 4.30. The molecule has 0 aliphatic carbocycles. The SMILES string of the molecule is CCC(=O)N(Cc1cc(N)ccc1N(C)C)C(C)c1ccccc1. The molecule has 0 radical (unpaired) electrons. The molecule has 4 heteroatoms. The van der Waals surface area contributed by atoms with Crippen molar-refractivity contribution < 1.29 is 4.79 Å². The highest BCUT2D eigenvalue weighted by atomic mass is 16.2. The Bertz CT molecular complexity index is 683. The van der Waals surface area contributed by atoms with Crippen LogP contribution in [0.15, 0.2) is 48.5 Å². The van der Waals surface area contributed by atoms with Crippen molar-refractivity contribution in [2.45, 2.75) is 32.9 Å². The highest BCUT2D eigenvalue weighted by Gasteiger charge is 2.22. The minimum atomic E-state index is 0.00935. The molecule has 1 unspecified atom stereocenters. The summed E-state index contributed by atoms with van der Waals surface area (Å²) in [4.78, 5) is 16.6. The number of benzene rings is 2. The second-order valence-corrected chi connectivity index (χ2v) is 6.24. The number of hydrogen-bond acceptors (Lipinski definition) is 3. The second kappa shape index (κ2) is 7.86. The van der Waals surface area contributed by atoms with Gasteiger partial charge in [0.25, 0.3) is 0 Å². The van der Waals surface area contributed by atoms with E-state index in [4.69, 9.17) is 5.73 Å². The van der Waals surface area contributed by atoms with Crippen molar-refractivity contribution >= 4 is 17.3 Å². The Labute approximate surface area is 144 Å². The van der Waals surface area contributed by atoms with Crippen LogP contribution in [0.3, 0.4) is 0 Å². The molecule has 0 fully saturated rings. The zero-order valence-corrected chi connectivity index (χ0v) is 15.0. The first kappa shape index (κ1) is 17.9. The standard InChI is InChI=1S/C20H27N3O/c1-5-20(24)23(15(2)16-9-7-6-8-10-16)14-17-13-18(21)11-12-19(17)22(3)4/h6-13,15H,5,14,21H2,1-4H3. The van der Waals surface area contributed by atoms with Gasteiger partial charge in [0.15, 0.2) is 0 Å². The molecule has 24 heavy (non-hydrogen) atoms. The van der Waals surface area contributed by atoms with E-state index in [1.807, 2.05) is 62.3 Å². The Balaban J connectivity index is 2.37. The van der Waals surface area contributed by atoms with Gasteiger partial charge in [0.2, 0.25) is 5.91 Å². The number of anilines is 2. The molecule has 0 aromatic heterocycles. The maximum absolute atomic E-state index is 12.6. The molecule has 1 atom stereocenters. The molecule has 1 amide bonds. The van der Waals surface area contributed by atoms with Crippen molar-refractivity contribution in [1.29, 1.82) is 0 Å². The van der Waals surface area contributed by atoms with Crippen LogP contribution in [-0.2, 0) is 11.3 Å². The van der Waals surface area contributed by atoms with Gasteiger partial charge in [-0.25, -0.2) is 0 Å². The third-order valence-corrected chi connectivity index (χ3v) is 4.30. The highest BCUT2D eigenvalue weighted by Crippen LogP contribution is 2.28. The van der Waals surface area contributed by atoms with Gasteiger partial charge in [-0.15, -0.1) is 0 Å². The smallest absolute Gasteiger partial charge is 0.223 e. The van der Waals surface area contributed by atoms with Crippen molar-refractivity contribution in [2.75, 3.05) is 24.7 Å². The first-order chi connectivity index (χ1) is 11.4. The zero-order valence-electron chi connectivity index (χ0n) is 15.0. The lowest BCUT2D eigenvalue weighted by Crippen LogP contribution is -2.33. The maximum atomic E-state index is 12.6. The molecule has 2 aromatic carbocycles. The first-order valence-corrected chi connectivity index (χ1v) is 8.34. The van der Waals surface area contributed by atoms with E-state index in [2.05, 4.69) is 24.0 Å². The summed E-state index contributed by atoms with van der Waals surface area (Å²) >= 11 is 0. The van der Waals surface area contributed by atoms with Gasteiger partial charge in [-0.05, 0) is 36.2 Å². The lowest BCUT2D eigenvalue weighted by Gasteiger charge is -2.31. The molecular weight excluding hydrogens is 298 g/mol. The normalized spacial score (nSPS) is 11.8. The number of carbonyl (C=O) groups is 1. The Morgan fingerprint density at radius 1 is 1.12 bits per heavy atom. The molecule has 2 rings (SSSR count). The monoisotopic (exact) mass is 325 g/mol. The summed E-state index contributed by atoms with van der Waals surface area (Å²) in [6, 6.07) is 16.0. The van der Waals surface area contributed by atoms with Crippen LogP contribution in [0.2, 0.25) is 0 Å². The largest absolute Gasteiger partial charge is 0.399 e. The molecule has 0 aliphatic heterocycles. The van der Waals surface area contributed by atoms with Crippen molar-refractivity contribution in [1.82, 2.24) is 4.90 Å². The number of hydrogen-bond donors (Lipinski definition) is 1. The molecule has 2 aromatic rings. The van der Waals surface area contributed by atoms with Crippen LogP contribution in [0.4, 0.5) is 11.4 Å². The van der Waals surface area contributed by atoms with E-state index in [-0.39, 0.29) is 11.9 Å². The van der Waals surface area contributed by atoms with E-state index < -0.39 is 0 Å². The minimum absolute atomic E-state index is 0.00935. The summed E-state index contributed by atoms with van der Waals surface area (Å²) in [5.74, 6) is 0.137. The number of nitrogen functional groups attached to an aromatic ring is 1. The van der Waals surface area contributed by atoms with Gasteiger partial charge in [-0.3, -0.25) is 4.79 Å². The Morgan fingerprint density at radius 2 is 1.79 bits per heavy atom. The summed E-state index contributed by atoms with van der Waals surface area (Å²) in [7, 11) is 4.00. The number of carbonyl (C=O) groups excluding carboxylic acids is 1. The fraction of sp³-hybridized carbons (Fsp3) is 0.350. The highest BCUT2D eigenvalue weighted by molar-refractivity contribution is 5.76. The first-order valence-electron chi connectivity index (χ1n) is 8.34. The van der Waals surface area contributed by atoms with E-state index in [9.17, 15) is 4.79 Å². The fourth-order valence-electron chi connectivity index (χ4n) is 2.91. The van der Waals surface area contributed by atoms with Crippen molar-refractivity contribution in [3.63, 3.8) is 0 Å². The quantitative estimate of drug-likeness (QED) is 0.821. The van der Waals surface area contributed by atoms with E-state index in [0.29, 0.717) is 18.7 Å². The lowest BCUT2D eigenvalue weighted by atomic mass is 10.0. The zero-order chi connectivity index (χ0) is 17.7. The average Bonchev–Trinajstić information content (AvgIpc) is 2.59. The third kappa shape index (κ3) is 4.07. The molecule has 0 spiro atoms.